The van der Waals surface area contributed by atoms with Crippen LogP contribution in [0.25, 0.3) is 11.1 Å². The van der Waals surface area contributed by atoms with Crippen LogP contribution in [0.1, 0.15) is 31.8 Å². The first-order valence-electron chi connectivity index (χ1n) is 8.69. The average Bonchev–Trinajstić information content (AvgIpc) is 3.09. The quantitative estimate of drug-likeness (QED) is 0.226. The summed E-state index contributed by atoms with van der Waals surface area (Å²) in [5.41, 5.74) is 4.37. The van der Waals surface area contributed by atoms with Gasteiger partial charge in [-0.05, 0) is 40.8 Å². The second kappa shape index (κ2) is 7.08. The molecular weight excluding hydrogens is 358 g/mol. The zero-order valence-electron chi connectivity index (χ0n) is 14.8. The smallest absolute Gasteiger partial charge is 0.345 e. The van der Waals surface area contributed by atoms with Gasteiger partial charge in [0.15, 0.2) is 12.4 Å². The van der Waals surface area contributed by atoms with Gasteiger partial charge in [-0.3, -0.25) is 14.9 Å². The van der Waals surface area contributed by atoms with Gasteiger partial charge in [-0.25, -0.2) is 4.79 Å². The predicted octanol–water partition coefficient (Wildman–Crippen LogP) is 4.21. The van der Waals surface area contributed by atoms with Crippen LogP contribution in [0.5, 0.6) is 0 Å². The normalized spacial score (nSPS) is 11.4. The number of ketones is 1. The first-order valence-corrected chi connectivity index (χ1v) is 8.69. The Morgan fingerprint density at radius 3 is 2.46 bits per heavy atom. The number of hydrogen-bond donors (Lipinski definition) is 0. The Hall–Kier alpha value is -3.80. The minimum absolute atomic E-state index is 0.178. The summed E-state index contributed by atoms with van der Waals surface area (Å²) in [6.45, 7) is -0.481. The molecule has 0 heterocycles. The highest BCUT2D eigenvalue weighted by Crippen LogP contribution is 2.36. The Kier molecular flexibility index (Phi) is 4.45. The van der Waals surface area contributed by atoms with E-state index in [4.69, 9.17) is 4.74 Å². The molecule has 0 fully saturated rings. The van der Waals surface area contributed by atoms with Crippen LogP contribution < -0.4 is 0 Å². The molecule has 0 aromatic heterocycles. The molecular formula is C22H15NO5. The summed E-state index contributed by atoms with van der Waals surface area (Å²) in [4.78, 5) is 35.0. The number of benzene rings is 3. The van der Waals surface area contributed by atoms with E-state index in [1.165, 1.54) is 29.8 Å². The third kappa shape index (κ3) is 3.16. The first-order chi connectivity index (χ1) is 13.5. The molecule has 1 aliphatic rings. The lowest BCUT2D eigenvalue weighted by molar-refractivity contribution is -0.385. The fourth-order valence-electron chi connectivity index (χ4n) is 3.39. The number of nitro groups is 1. The second-order valence-corrected chi connectivity index (χ2v) is 6.48. The zero-order chi connectivity index (χ0) is 19.7. The number of carbonyl (C=O) groups excluding carboxylic acids is 2. The van der Waals surface area contributed by atoms with Crippen LogP contribution in [-0.4, -0.2) is 23.3 Å². The molecule has 4 rings (SSSR count). The molecule has 0 radical (unpaired) electrons. The molecule has 138 valence electrons. The number of hydrogen-bond acceptors (Lipinski definition) is 5. The highest BCUT2D eigenvalue weighted by atomic mass is 16.6. The molecule has 28 heavy (non-hydrogen) atoms. The Labute approximate surface area is 160 Å². The van der Waals surface area contributed by atoms with Crippen LogP contribution in [0.4, 0.5) is 5.69 Å². The SMILES string of the molecule is O=C(COC(=O)c1ccccc1[N+](=O)[O-])c1ccc2c(c1)-c1ccccc1C2. The maximum Gasteiger partial charge on any atom is 0.345 e. The second-order valence-electron chi connectivity index (χ2n) is 6.48. The molecule has 0 spiro atoms. The minimum atomic E-state index is -0.896. The zero-order valence-corrected chi connectivity index (χ0v) is 14.8. The van der Waals surface area contributed by atoms with Crippen molar-refractivity contribution in [2.75, 3.05) is 6.61 Å². The number of fused-ring (bicyclic) bond motifs is 3. The largest absolute Gasteiger partial charge is 0.454 e. The van der Waals surface area contributed by atoms with Gasteiger partial charge >= 0.3 is 5.97 Å². The number of Topliss-reactive ketones (excluding diaryl/α,β-unsaturated/α-hetero) is 1. The minimum Gasteiger partial charge on any atom is -0.454 e. The number of nitro benzene ring substituents is 1. The first kappa shape index (κ1) is 17.6. The van der Waals surface area contributed by atoms with Crippen molar-refractivity contribution in [1.82, 2.24) is 0 Å². The van der Waals surface area contributed by atoms with Crippen LogP contribution in [0.15, 0.2) is 66.7 Å². The monoisotopic (exact) mass is 373 g/mol. The Morgan fingerprint density at radius 2 is 1.64 bits per heavy atom. The van der Waals surface area contributed by atoms with Crippen LogP contribution in [-0.2, 0) is 11.2 Å². The predicted molar refractivity (Wildman–Crippen MR) is 102 cm³/mol. The van der Waals surface area contributed by atoms with Crippen molar-refractivity contribution in [2.45, 2.75) is 6.42 Å². The molecule has 0 atom stereocenters. The summed E-state index contributed by atoms with van der Waals surface area (Å²) < 4.78 is 5.03. The van der Waals surface area contributed by atoms with Gasteiger partial charge in [0.05, 0.1) is 4.92 Å². The Bertz CT molecular complexity index is 1120. The molecule has 3 aromatic rings. The van der Waals surface area contributed by atoms with E-state index in [0.717, 1.165) is 23.1 Å². The molecule has 0 aliphatic heterocycles. The molecule has 0 bridgehead atoms. The van der Waals surface area contributed by atoms with Crippen molar-refractivity contribution in [1.29, 1.82) is 0 Å². The number of rotatable bonds is 5. The average molecular weight is 373 g/mol. The summed E-state index contributed by atoms with van der Waals surface area (Å²) in [6, 6.07) is 18.9. The maximum absolute atomic E-state index is 12.5. The lowest BCUT2D eigenvalue weighted by atomic mass is 10.0. The van der Waals surface area contributed by atoms with Crippen molar-refractivity contribution in [3.63, 3.8) is 0 Å². The number of nitrogens with zero attached hydrogens (tertiary/aromatic N) is 1. The highest BCUT2D eigenvalue weighted by Gasteiger charge is 2.23. The van der Waals surface area contributed by atoms with Crippen molar-refractivity contribution < 1.29 is 19.2 Å². The molecule has 3 aromatic carbocycles. The van der Waals surface area contributed by atoms with E-state index < -0.39 is 17.5 Å². The standard InChI is InChI=1S/C22H15NO5/c24-21(13-28-22(25)18-7-3-4-8-20(18)23(26)27)16-10-9-15-11-14-5-1-2-6-17(14)19(15)12-16/h1-10,12H,11,13H2. The molecule has 0 saturated carbocycles. The van der Waals surface area contributed by atoms with E-state index in [1.54, 1.807) is 6.07 Å². The van der Waals surface area contributed by atoms with Crippen LogP contribution in [0.2, 0.25) is 0 Å². The summed E-state index contributed by atoms with van der Waals surface area (Å²) in [6.07, 6.45) is 0.826. The summed E-state index contributed by atoms with van der Waals surface area (Å²) in [5, 5.41) is 11.0. The van der Waals surface area contributed by atoms with Gasteiger partial charge in [0, 0.05) is 11.6 Å². The summed E-state index contributed by atoms with van der Waals surface area (Å²) in [7, 11) is 0. The molecule has 1 aliphatic carbocycles. The van der Waals surface area contributed by atoms with Gasteiger partial charge in [-0.15, -0.1) is 0 Å². The van der Waals surface area contributed by atoms with Gasteiger partial charge in [0.1, 0.15) is 5.56 Å². The van der Waals surface area contributed by atoms with Gasteiger partial charge in [-0.1, -0.05) is 48.5 Å². The molecule has 0 saturated heterocycles. The van der Waals surface area contributed by atoms with E-state index >= 15 is 0 Å². The number of esters is 1. The molecule has 0 unspecified atom stereocenters. The Morgan fingerprint density at radius 1 is 0.929 bits per heavy atom. The van der Waals surface area contributed by atoms with Gasteiger partial charge in [0.25, 0.3) is 5.69 Å². The number of para-hydroxylation sites is 1. The molecule has 6 nitrogen and oxygen atoms in total. The molecule has 6 heteroatoms. The molecule has 0 N–H and O–H groups in total. The third-order valence-electron chi connectivity index (χ3n) is 4.78. The van der Waals surface area contributed by atoms with E-state index in [2.05, 4.69) is 6.07 Å². The van der Waals surface area contributed by atoms with E-state index in [0.29, 0.717) is 5.56 Å². The number of carbonyl (C=O) groups is 2. The summed E-state index contributed by atoms with van der Waals surface area (Å²) in [5.74, 6) is -1.26. The van der Waals surface area contributed by atoms with Crippen molar-refractivity contribution in [2.24, 2.45) is 0 Å². The summed E-state index contributed by atoms with van der Waals surface area (Å²) >= 11 is 0. The highest BCUT2D eigenvalue weighted by molar-refractivity contribution is 6.01. The molecule has 0 amide bonds. The van der Waals surface area contributed by atoms with Gasteiger partial charge in [-0.2, -0.15) is 0 Å². The van der Waals surface area contributed by atoms with Gasteiger partial charge in [0.2, 0.25) is 0 Å². The lowest BCUT2D eigenvalue weighted by Gasteiger charge is -2.07. The van der Waals surface area contributed by atoms with Crippen LogP contribution >= 0.6 is 0 Å². The Balaban J connectivity index is 1.50. The lowest BCUT2D eigenvalue weighted by Crippen LogP contribution is -2.15. The topological polar surface area (TPSA) is 86.5 Å². The van der Waals surface area contributed by atoms with Crippen molar-refractivity contribution >= 4 is 17.4 Å². The van der Waals surface area contributed by atoms with E-state index in [-0.39, 0.29) is 17.0 Å². The van der Waals surface area contributed by atoms with Crippen LogP contribution in [0, 0.1) is 10.1 Å². The third-order valence-corrected chi connectivity index (χ3v) is 4.78. The maximum atomic E-state index is 12.5. The fourth-order valence-corrected chi connectivity index (χ4v) is 3.39. The number of ether oxygens (including phenoxy) is 1. The van der Waals surface area contributed by atoms with E-state index in [1.807, 2.05) is 30.3 Å². The van der Waals surface area contributed by atoms with Gasteiger partial charge < -0.3 is 4.74 Å². The van der Waals surface area contributed by atoms with Crippen LogP contribution in [0.3, 0.4) is 0 Å². The van der Waals surface area contributed by atoms with Crippen molar-refractivity contribution in [3.05, 3.63) is 99.1 Å². The van der Waals surface area contributed by atoms with Crippen molar-refractivity contribution in [3.8, 4) is 11.1 Å². The van der Waals surface area contributed by atoms with E-state index in [9.17, 15) is 19.7 Å². The fraction of sp³-hybridized carbons (Fsp3) is 0.0909.